The van der Waals surface area contributed by atoms with E-state index in [1.54, 1.807) is 0 Å². The van der Waals surface area contributed by atoms with E-state index in [1.807, 2.05) is 0 Å². The molecule has 0 aromatic heterocycles. The standard InChI is InChI=1S/C4H6O2.CH6O4Si/c1-3(2)4(5)6;1-5-6(2,3)4/h1H2,2H3,(H,5,6);2-4H,1H3. The van der Waals surface area contributed by atoms with Crippen LogP contribution in [0.25, 0.3) is 0 Å². The summed E-state index contributed by atoms with van der Waals surface area (Å²) in [5, 5.41) is 7.89. The second-order valence-corrected chi connectivity index (χ2v) is 3.42. The summed E-state index contributed by atoms with van der Waals surface area (Å²) in [7, 11) is -3.11. The molecule has 0 bridgehead atoms. The topological polar surface area (TPSA) is 107 Å². The fraction of sp³-hybridized carbons (Fsp3) is 0.400. The molecule has 0 saturated carbocycles. The van der Waals surface area contributed by atoms with Crippen LogP contribution in [0.3, 0.4) is 0 Å². The molecule has 12 heavy (non-hydrogen) atoms. The van der Waals surface area contributed by atoms with Crippen molar-refractivity contribution in [3.8, 4) is 0 Å². The summed E-state index contributed by atoms with van der Waals surface area (Å²) in [5.41, 5.74) is 0.176. The van der Waals surface area contributed by atoms with Gasteiger partial charge in [0.05, 0.1) is 0 Å². The van der Waals surface area contributed by atoms with Gasteiger partial charge in [-0.3, -0.25) is 0 Å². The molecular formula is C5H12O6Si. The molecule has 4 N–H and O–H groups in total. The monoisotopic (exact) mass is 196 g/mol. The van der Waals surface area contributed by atoms with Gasteiger partial charge in [0.1, 0.15) is 0 Å². The predicted molar refractivity (Wildman–Crippen MR) is 41.9 cm³/mol. The first-order chi connectivity index (χ1) is 5.20. The molecule has 0 fully saturated rings. The van der Waals surface area contributed by atoms with E-state index >= 15 is 0 Å². The van der Waals surface area contributed by atoms with E-state index in [9.17, 15) is 4.79 Å². The Morgan fingerprint density at radius 1 is 1.42 bits per heavy atom. The van der Waals surface area contributed by atoms with Crippen molar-refractivity contribution in [2.45, 2.75) is 6.92 Å². The molecule has 0 unspecified atom stereocenters. The van der Waals surface area contributed by atoms with Crippen LogP contribution in [0.4, 0.5) is 0 Å². The van der Waals surface area contributed by atoms with E-state index in [-0.39, 0.29) is 5.57 Å². The second-order valence-electron chi connectivity index (χ2n) is 1.86. The minimum Gasteiger partial charge on any atom is -0.478 e. The lowest BCUT2D eigenvalue weighted by Gasteiger charge is -2.01. The lowest BCUT2D eigenvalue weighted by Crippen LogP contribution is -2.37. The lowest BCUT2D eigenvalue weighted by atomic mass is 10.4. The quantitative estimate of drug-likeness (QED) is 0.323. The fourth-order valence-corrected chi connectivity index (χ4v) is 0. The van der Waals surface area contributed by atoms with Crippen molar-refractivity contribution in [3.63, 3.8) is 0 Å². The Balaban J connectivity index is 0. The first-order valence-corrected chi connectivity index (χ1v) is 4.56. The van der Waals surface area contributed by atoms with Gasteiger partial charge in [-0.15, -0.1) is 0 Å². The summed E-state index contributed by atoms with van der Waals surface area (Å²) in [6, 6.07) is 0. The number of aliphatic carboxylic acids is 1. The van der Waals surface area contributed by atoms with Gasteiger partial charge in [0.2, 0.25) is 0 Å². The van der Waals surface area contributed by atoms with Crippen molar-refractivity contribution in [2.75, 3.05) is 7.11 Å². The Hall–Kier alpha value is -0.733. The first-order valence-electron chi connectivity index (χ1n) is 2.81. The summed E-state index contributed by atoms with van der Waals surface area (Å²) in [4.78, 5) is 33.2. The minimum atomic E-state index is -4.13. The molecule has 72 valence electrons. The Labute approximate surface area is 70.8 Å². The number of carboxylic acids is 1. The van der Waals surface area contributed by atoms with Crippen molar-refractivity contribution < 1.29 is 28.7 Å². The van der Waals surface area contributed by atoms with E-state index in [4.69, 9.17) is 19.5 Å². The highest BCUT2D eigenvalue weighted by Crippen LogP contribution is 1.81. The van der Waals surface area contributed by atoms with Crippen LogP contribution in [0.5, 0.6) is 0 Å². The van der Waals surface area contributed by atoms with E-state index < -0.39 is 15.0 Å². The van der Waals surface area contributed by atoms with Crippen molar-refractivity contribution in [2.24, 2.45) is 0 Å². The molecule has 0 amide bonds. The molecule has 0 radical (unpaired) electrons. The van der Waals surface area contributed by atoms with Gasteiger partial charge in [0, 0.05) is 12.7 Å². The molecule has 0 aliphatic rings. The summed E-state index contributed by atoms with van der Waals surface area (Å²) in [6.45, 7) is 4.60. The van der Waals surface area contributed by atoms with Gasteiger partial charge in [0.25, 0.3) is 0 Å². The zero-order valence-electron chi connectivity index (χ0n) is 6.81. The van der Waals surface area contributed by atoms with Gasteiger partial charge in [-0.05, 0) is 6.92 Å². The number of carboxylic acid groups (broad SMARTS) is 1. The van der Waals surface area contributed by atoms with Gasteiger partial charge in [0.15, 0.2) is 0 Å². The van der Waals surface area contributed by atoms with Crippen molar-refractivity contribution >= 4 is 15.0 Å². The van der Waals surface area contributed by atoms with Crippen LogP contribution >= 0.6 is 0 Å². The fourth-order valence-electron chi connectivity index (χ4n) is 0. The molecule has 0 aromatic rings. The van der Waals surface area contributed by atoms with Crippen LogP contribution in [0, 0.1) is 0 Å². The molecule has 0 atom stereocenters. The molecule has 0 spiro atoms. The lowest BCUT2D eigenvalue weighted by molar-refractivity contribution is -0.132. The highest BCUT2D eigenvalue weighted by molar-refractivity contribution is 6.48. The average molecular weight is 196 g/mol. The average Bonchev–Trinajstić information content (AvgIpc) is 1.87. The van der Waals surface area contributed by atoms with E-state index in [2.05, 4.69) is 11.0 Å². The molecule has 0 aromatic carbocycles. The third kappa shape index (κ3) is 16.1. The Morgan fingerprint density at radius 3 is 1.58 bits per heavy atom. The minimum absolute atomic E-state index is 0.176. The van der Waals surface area contributed by atoms with Gasteiger partial charge >= 0.3 is 15.0 Å². The molecule has 0 rings (SSSR count). The maximum atomic E-state index is 9.60. The Bertz CT molecular complexity index is 148. The van der Waals surface area contributed by atoms with E-state index in [1.165, 1.54) is 6.92 Å². The highest BCUT2D eigenvalue weighted by atomic mass is 28.4. The summed E-state index contributed by atoms with van der Waals surface area (Å²) in [5.74, 6) is -0.935. The van der Waals surface area contributed by atoms with Crippen LogP contribution in [-0.2, 0) is 9.22 Å². The number of carbonyl (C=O) groups is 1. The largest absolute Gasteiger partial charge is 0.671 e. The van der Waals surface area contributed by atoms with Gasteiger partial charge in [-0.1, -0.05) is 6.58 Å². The molecule has 6 nitrogen and oxygen atoms in total. The Morgan fingerprint density at radius 2 is 1.58 bits per heavy atom. The molecule has 0 heterocycles. The zero-order valence-corrected chi connectivity index (χ0v) is 7.81. The van der Waals surface area contributed by atoms with Crippen LogP contribution in [-0.4, -0.2) is 41.6 Å². The third-order valence-corrected chi connectivity index (χ3v) is 1.19. The van der Waals surface area contributed by atoms with Crippen molar-refractivity contribution in [1.29, 1.82) is 0 Å². The smallest absolute Gasteiger partial charge is 0.478 e. The number of rotatable bonds is 2. The van der Waals surface area contributed by atoms with Gasteiger partial charge in [-0.2, -0.15) is 0 Å². The molecule has 0 aliphatic carbocycles. The van der Waals surface area contributed by atoms with Crippen LogP contribution < -0.4 is 0 Å². The third-order valence-electron chi connectivity index (χ3n) is 0.639. The maximum Gasteiger partial charge on any atom is 0.671 e. The summed E-state index contributed by atoms with van der Waals surface area (Å²) < 4.78 is 3.74. The number of hydrogen-bond acceptors (Lipinski definition) is 5. The van der Waals surface area contributed by atoms with Crippen molar-refractivity contribution in [1.82, 2.24) is 0 Å². The van der Waals surface area contributed by atoms with E-state index in [0.29, 0.717) is 0 Å². The maximum absolute atomic E-state index is 9.60. The van der Waals surface area contributed by atoms with E-state index in [0.717, 1.165) is 7.11 Å². The predicted octanol–water partition coefficient (Wildman–Crippen LogP) is -1.31. The first kappa shape index (κ1) is 13.8. The van der Waals surface area contributed by atoms with Crippen LogP contribution in [0.1, 0.15) is 6.92 Å². The molecular weight excluding hydrogens is 184 g/mol. The van der Waals surface area contributed by atoms with Crippen molar-refractivity contribution in [3.05, 3.63) is 12.2 Å². The molecule has 0 aliphatic heterocycles. The molecule has 7 heteroatoms. The SMILES string of the molecule is C=C(C)C(=O)O.CO[Si](O)(O)O. The normalized spacial score (nSPS) is 9.75. The number of hydrogen-bond donors (Lipinski definition) is 4. The summed E-state index contributed by atoms with van der Waals surface area (Å²) in [6.07, 6.45) is 0. The Kier molecular flexibility index (Phi) is 6.75. The van der Waals surface area contributed by atoms with Crippen LogP contribution in [0.2, 0.25) is 0 Å². The second kappa shape index (κ2) is 5.86. The summed E-state index contributed by atoms with van der Waals surface area (Å²) >= 11 is 0. The zero-order chi connectivity index (χ0) is 10.4. The molecule has 0 saturated heterocycles. The van der Waals surface area contributed by atoms with Gasteiger partial charge in [-0.25, -0.2) is 4.79 Å². The van der Waals surface area contributed by atoms with Crippen LogP contribution in [0.15, 0.2) is 12.2 Å². The highest BCUT2D eigenvalue weighted by Gasteiger charge is 2.27. The van der Waals surface area contributed by atoms with Gasteiger partial charge < -0.3 is 23.9 Å².